The summed E-state index contributed by atoms with van der Waals surface area (Å²) >= 11 is 3.39. The number of hydrogen-bond acceptors (Lipinski definition) is 2. The molecule has 2 nitrogen and oxygen atoms in total. The molecule has 0 unspecified atom stereocenters. The maximum Gasteiger partial charge on any atom is 0.632 e. The normalized spacial score (nSPS) is 15.1. The van der Waals surface area contributed by atoms with Crippen molar-refractivity contribution in [2.24, 2.45) is 0 Å². The van der Waals surface area contributed by atoms with Gasteiger partial charge in [0.05, 0.1) is 0 Å². The Morgan fingerprint density at radius 1 is 1.07 bits per heavy atom. The van der Waals surface area contributed by atoms with E-state index in [1.165, 1.54) is 5.56 Å². The zero-order chi connectivity index (χ0) is 10.8. The van der Waals surface area contributed by atoms with Crippen LogP contribution in [-0.4, -0.2) is 7.12 Å². The van der Waals surface area contributed by atoms with Crippen molar-refractivity contribution in [2.75, 3.05) is 0 Å². The summed E-state index contributed by atoms with van der Waals surface area (Å²) in [6.07, 6.45) is 0. The van der Waals surface area contributed by atoms with Gasteiger partial charge in [0.25, 0.3) is 0 Å². The summed E-state index contributed by atoms with van der Waals surface area (Å²) in [5, 5.41) is 0.846. The zero-order valence-corrected chi connectivity index (χ0v) is 9.79. The molecule has 1 aromatic rings. The Labute approximate surface area is 97.9 Å². The first kappa shape index (κ1) is 10.4. The van der Waals surface area contributed by atoms with E-state index in [0.717, 1.165) is 10.8 Å². The maximum atomic E-state index is 5.41. The van der Waals surface area contributed by atoms with Gasteiger partial charge in [-0.05, 0) is 5.56 Å². The summed E-state index contributed by atoms with van der Waals surface area (Å²) in [5.74, 6) is 1.01. The highest BCUT2D eigenvalue weighted by Crippen LogP contribution is 2.20. The molecule has 76 valence electrons. The van der Waals surface area contributed by atoms with Crippen LogP contribution in [0.5, 0.6) is 0 Å². The Hall–Kier alpha value is -1.16. The highest BCUT2D eigenvalue weighted by atomic mass is 79.9. The van der Waals surface area contributed by atoms with Crippen LogP contribution in [0.3, 0.4) is 0 Å². The third kappa shape index (κ3) is 2.10. The molecule has 1 saturated heterocycles. The Balaban J connectivity index is 2.17. The van der Waals surface area contributed by atoms with Gasteiger partial charge in [0.2, 0.25) is 0 Å². The molecule has 0 spiro atoms. The highest BCUT2D eigenvalue weighted by molar-refractivity contribution is 9.08. The summed E-state index contributed by atoms with van der Waals surface area (Å²) in [7, 11) is -0.394. The van der Waals surface area contributed by atoms with Crippen molar-refractivity contribution in [3.8, 4) is 0 Å². The number of hydrogen-bond donors (Lipinski definition) is 0. The van der Waals surface area contributed by atoms with Gasteiger partial charge in [0.1, 0.15) is 11.5 Å². The molecular weight excluding hydrogens is 255 g/mol. The second kappa shape index (κ2) is 4.15. The van der Waals surface area contributed by atoms with Gasteiger partial charge >= 0.3 is 7.12 Å². The fraction of sp³-hybridized carbons (Fsp3) is 0.0909. The van der Waals surface area contributed by atoms with Gasteiger partial charge in [-0.25, -0.2) is 0 Å². The first-order valence-electron chi connectivity index (χ1n) is 4.57. The van der Waals surface area contributed by atoms with Gasteiger partial charge in [-0.2, -0.15) is 0 Å². The molecule has 1 aliphatic heterocycles. The van der Waals surface area contributed by atoms with Crippen LogP contribution in [-0.2, 0) is 14.6 Å². The molecule has 2 rings (SSSR count). The first-order chi connectivity index (χ1) is 7.20. The van der Waals surface area contributed by atoms with Crippen molar-refractivity contribution in [1.29, 1.82) is 0 Å². The maximum absolute atomic E-state index is 5.41. The summed E-state index contributed by atoms with van der Waals surface area (Å²) in [5.41, 5.74) is 2.19. The lowest BCUT2D eigenvalue weighted by molar-refractivity contribution is 0.431. The van der Waals surface area contributed by atoms with E-state index in [0.29, 0.717) is 11.5 Å². The van der Waals surface area contributed by atoms with Crippen LogP contribution in [0.1, 0.15) is 5.56 Å². The van der Waals surface area contributed by atoms with E-state index in [-0.39, 0.29) is 0 Å². The third-order valence-corrected chi connectivity index (χ3v) is 2.86. The molecular formula is C11H10BBrO2. The Bertz CT molecular complexity index is 384. The molecule has 0 N–H and O–H groups in total. The Morgan fingerprint density at radius 2 is 1.60 bits per heavy atom. The van der Waals surface area contributed by atoms with Crippen LogP contribution in [0.25, 0.3) is 0 Å². The second-order valence-corrected chi connectivity index (χ2v) is 3.85. The van der Waals surface area contributed by atoms with Crippen LogP contribution in [0.15, 0.2) is 48.9 Å². The molecule has 1 aromatic carbocycles. The monoisotopic (exact) mass is 264 g/mol. The van der Waals surface area contributed by atoms with Crippen LogP contribution in [0, 0.1) is 0 Å². The van der Waals surface area contributed by atoms with E-state index < -0.39 is 7.12 Å². The molecule has 0 aliphatic carbocycles. The average Bonchev–Trinajstić information content (AvgIpc) is 2.59. The van der Waals surface area contributed by atoms with Crippen molar-refractivity contribution >= 4 is 28.5 Å². The van der Waals surface area contributed by atoms with Gasteiger partial charge in [-0.3, -0.25) is 0 Å². The molecule has 0 saturated carbocycles. The van der Waals surface area contributed by atoms with E-state index >= 15 is 0 Å². The summed E-state index contributed by atoms with van der Waals surface area (Å²) in [6.45, 7) is 7.38. The summed E-state index contributed by atoms with van der Waals surface area (Å²) in [6, 6.07) is 8.02. The average molecular weight is 265 g/mol. The molecule has 0 amide bonds. The molecule has 1 fully saturated rings. The third-order valence-electron chi connectivity index (χ3n) is 2.22. The number of benzene rings is 1. The molecule has 1 heterocycles. The van der Waals surface area contributed by atoms with E-state index in [1.807, 2.05) is 24.3 Å². The Kier molecular flexibility index (Phi) is 2.87. The van der Waals surface area contributed by atoms with Crippen LogP contribution in [0.2, 0.25) is 0 Å². The molecule has 0 radical (unpaired) electrons. The van der Waals surface area contributed by atoms with Crippen LogP contribution < -0.4 is 5.46 Å². The van der Waals surface area contributed by atoms with Crippen molar-refractivity contribution in [2.45, 2.75) is 5.33 Å². The van der Waals surface area contributed by atoms with Crippen LogP contribution in [0.4, 0.5) is 0 Å². The smallest absolute Gasteiger partial charge is 0.520 e. The van der Waals surface area contributed by atoms with Gasteiger partial charge in [0.15, 0.2) is 0 Å². The van der Waals surface area contributed by atoms with Crippen molar-refractivity contribution in [3.05, 3.63) is 54.5 Å². The predicted molar refractivity (Wildman–Crippen MR) is 64.9 cm³/mol. The van der Waals surface area contributed by atoms with Gasteiger partial charge < -0.3 is 9.31 Å². The van der Waals surface area contributed by atoms with E-state index in [2.05, 4.69) is 29.1 Å². The summed E-state index contributed by atoms with van der Waals surface area (Å²) in [4.78, 5) is 0. The van der Waals surface area contributed by atoms with Crippen LogP contribution >= 0.6 is 15.9 Å². The van der Waals surface area contributed by atoms with Crippen molar-refractivity contribution in [1.82, 2.24) is 0 Å². The molecule has 1 aliphatic rings. The number of alkyl halides is 1. The lowest BCUT2D eigenvalue weighted by Crippen LogP contribution is -2.31. The van der Waals surface area contributed by atoms with E-state index in [9.17, 15) is 0 Å². The second-order valence-electron chi connectivity index (χ2n) is 3.29. The van der Waals surface area contributed by atoms with Gasteiger partial charge in [0, 0.05) is 10.8 Å². The zero-order valence-electron chi connectivity index (χ0n) is 8.20. The molecule has 0 bridgehead atoms. The minimum Gasteiger partial charge on any atom is -0.520 e. The fourth-order valence-electron chi connectivity index (χ4n) is 1.31. The van der Waals surface area contributed by atoms with Crippen molar-refractivity contribution < 1.29 is 9.31 Å². The Morgan fingerprint density at radius 3 is 2.07 bits per heavy atom. The standard InChI is InChI=1S/C11H10BBrO2/c1-8-9(2)15-12(14-8)11-5-3-10(7-13)4-6-11/h3-6H,1-2,7H2. The molecule has 4 heteroatoms. The summed E-state index contributed by atoms with van der Waals surface area (Å²) < 4.78 is 10.8. The molecule has 0 aromatic heterocycles. The van der Waals surface area contributed by atoms with E-state index in [4.69, 9.17) is 9.31 Å². The topological polar surface area (TPSA) is 18.5 Å². The predicted octanol–water partition coefficient (Wildman–Crippen LogP) is 2.35. The highest BCUT2D eigenvalue weighted by Gasteiger charge is 2.34. The number of halogens is 1. The lowest BCUT2D eigenvalue weighted by Gasteiger charge is -2.04. The quantitative estimate of drug-likeness (QED) is 0.603. The van der Waals surface area contributed by atoms with Gasteiger partial charge in [-0.1, -0.05) is 53.4 Å². The number of rotatable bonds is 2. The van der Waals surface area contributed by atoms with Crippen molar-refractivity contribution in [3.63, 3.8) is 0 Å². The minimum atomic E-state index is -0.394. The lowest BCUT2D eigenvalue weighted by atomic mass is 9.79. The largest absolute Gasteiger partial charge is 0.632 e. The molecule has 0 atom stereocenters. The SMILES string of the molecule is C=C1OB(c2ccc(CBr)cc2)OC1=C. The van der Waals surface area contributed by atoms with E-state index in [1.54, 1.807) is 0 Å². The molecule has 15 heavy (non-hydrogen) atoms. The van der Waals surface area contributed by atoms with Gasteiger partial charge in [-0.15, -0.1) is 0 Å². The minimum absolute atomic E-state index is 0.394. The first-order valence-corrected chi connectivity index (χ1v) is 5.69. The fourth-order valence-corrected chi connectivity index (χ4v) is 1.69.